The summed E-state index contributed by atoms with van der Waals surface area (Å²) in [6.07, 6.45) is 0. The van der Waals surface area contributed by atoms with E-state index < -0.39 is 5.82 Å². The van der Waals surface area contributed by atoms with Gasteiger partial charge in [-0.15, -0.1) is 0 Å². The summed E-state index contributed by atoms with van der Waals surface area (Å²) in [7, 11) is 0. The van der Waals surface area contributed by atoms with Crippen molar-refractivity contribution in [2.24, 2.45) is 0 Å². The maximum absolute atomic E-state index is 13.0. The van der Waals surface area contributed by atoms with Gasteiger partial charge >= 0.3 is 0 Å². The molecule has 0 unspecified atom stereocenters. The van der Waals surface area contributed by atoms with E-state index >= 15 is 0 Å². The van der Waals surface area contributed by atoms with E-state index in [0.29, 0.717) is 5.69 Å². The molecular formula is C9H9FN2O. The van der Waals surface area contributed by atoms with Crippen molar-refractivity contribution in [1.29, 1.82) is 5.26 Å². The average Bonchev–Trinajstić information content (AvgIpc) is 2.09. The number of ether oxygens (including phenoxy) is 1. The quantitative estimate of drug-likeness (QED) is 0.703. The number of aryl methyl sites for hydroxylation is 1. The lowest BCUT2D eigenvalue weighted by Crippen LogP contribution is -1.99. The minimum absolute atomic E-state index is 0.0632. The van der Waals surface area contributed by atoms with Gasteiger partial charge in [0.05, 0.1) is 0 Å². The van der Waals surface area contributed by atoms with E-state index in [4.69, 9.17) is 15.7 Å². The van der Waals surface area contributed by atoms with Gasteiger partial charge in [-0.3, -0.25) is 0 Å². The van der Waals surface area contributed by atoms with E-state index in [1.807, 2.05) is 0 Å². The highest BCUT2D eigenvalue weighted by Gasteiger charge is 2.05. The van der Waals surface area contributed by atoms with Crippen LogP contribution < -0.4 is 10.5 Å². The second-order valence-electron chi connectivity index (χ2n) is 2.59. The number of nitrogens with zero attached hydrogens (tertiary/aromatic N) is 1. The number of nitrogens with two attached hydrogens (primary N) is 1. The van der Waals surface area contributed by atoms with Gasteiger partial charge in [0.25, 0.3) is 0 Å². The van der Waals surface area contributed by atoms with Crippen LogP contribution in [-0.4, -0.2) is 6.61 Å². The largest absolute Gasteiger partial charge is 0.476 e. The summed E-state index contributed by atoms with van der Waals surface area (Å²) in [5, 5.41) is 8.22. The molecule has 0 spiro atoms. The molecule has 0 atom stereocenters. The molecule has 0 aliphatic heterocycles. The Morgan fingerprint density at radius 3 is 2.92 bits per heavy atom. The summed E-state index contributed by atoms with van der Waals surface area (Å²) in [6, 6.07) is 4.41. The molecule has 0 saturated heterocycles. The van der Waals surface area contributed by atoms with E-state index in [9.17, 15) is 4.39 Å². The Kier molecular flexibility index (Phi) is 2.70. The van der Waals surface area contributed by atoms with Crippen molar-refractivity contribution in [2.45, 2.75) is 6.92 Å². The summed E-state index contributed by atoms with van der Waals surface area (Å²) >= 11 is 0. The normalized spacial score (nSPS) is 9.31. The van der Waals surface area contributed by atoms with Crippen molar-refractivity contribution < 1.29 is 9.13 Å². The Morgan fingerprint density at radius 2 is 2.31 bits per heavy atom. The van der Waals surface area contributed by atoms with Gasteiger partial charge in [-0.2, -0.15) is 5.26 Å². The van der Waals surface area contributed by atoms with Crippen molar-refractivity contribution in [2.75, 3.05) is 12.3 Å². The zero-order valence-electron chi connectivity index (χ0n) is 7.17. The molecule has 1 aromatic rings. The monoisotopic (exact) mass is 180 g/mol. The minimum Gasteiger partial charge on any atom is -0.476 e. The highest BCUT2D eigenvalue weighted by molar-refractivity contribution is 5.50. The van der Waals surface area contributed by atoms with Gasteiger partial charge < -0.3 is 10.5 Å². The standard InChI is InChI=1S/C9H9FN2O/c1-6-4-9(13-3-2-11)7(10)5-8(6)12/h4-5H,3,12H2,1H3. The number of rotatable bonds is 2. The second-order valence-corrected chi connectivity index (χ2v) is 2.59. The third-order valence-electron chi connectivity index (χ3n) is 1.61. The smallest absolute Gasteiger partial charge is 0.174 e. The Bertz CT molecular complexity index is 357. The van der Waals surface area contributed by atoms with Gasteiger partial charge in [0, 0.05) is 11.8 Å². The molecule has 0 fully saturated rings. The fourth-order valence-corrected chi connectivity index (χ4v) is 0.891. The highest BCUT2D eigenvalue weighted by Crippen LogP contribution is 2.23. The molecule has 1 rings (SSSR count). The lowest BCUT2D eigenvalue weighted by atomic mass is 10.2. The summed E-state index contributed by atoms with van der Waals surface area (Å²) < 4.78 is 17.9. The number of anilines is 1. The molecular weight excluding hydrogens is 171 g/mol. The number of benzene rings is 1. The van der Waals surface area contributed by atoms with E-state index in [1.165, 1.54) is 12.1 Å². The van der Waals surface area contributed by atoms with Crippen molar-refractivity contribution >= 4 is 5.69 Å². The predicted molar refractivity (Wildman–Crippen MR) is 46.7 cm³/mol. The summed E-state index contributed by atoms with van der Waals surface area (Å²) in [5.41, 5.74) is 6.57. The van der Waals surface area contributed by atoms with Crippen LogP contribution in [0.15, 0.2) is 12.1 Å². The molecule has 0 aromatic heterocycles. The molecule has 0 saturated carbocycles. The van der Waals surface area contributed by atoms with Crippen molar-refractivity contribution in [3.05, 3.63) is 23.5 Å². The van der Waals surface area contributed by atoms with Crippen LogP contribution in [0.25, 0.3) is 0 Å². The minimum atomic E-state index is -0.543. The SMILES string of the molecule is Cc1cc(OCC#N)c(F)cc1N. The van der Waals surface area contributed by atoms with E-state index in [0.717, 1.165) is 5.56 Å². The van der Waals surface area contributed by atoms with Crippen LogP contribution in [0.4, 0.5) is 10.1 Å². The maximum atomic E-state index is 13.0. The maximum Gasteiger partial charge on any atom is 0.174 e. The molecule has 0 aliphatic rings. The van der Waals surface area contributed by atoms with Crippen LogP contribution in [-0.2, 0) is 0 Å². The Labute approximate surface area is 75.5 Å². The Morgan fingerprint density at radius 1 is 1.62 bits per heavy atom. The third-order valence-corrected chi connectivity index (χ3v) is 1.61. The molecule has 0 radical (unpaired) electrons. The van der Waals surface area contributed by atoms with E-state index in [2.05, 4.69) is 0 Å². The predicted octanol–water partition coefficient (Wildman–Crippen LogP) is 1.62. The average molecular weight is 180 g/mol. The molecule has 0 aliphatic carbocycles. The molecule has 0 amide bonds. The first-order valence-electron chi connectivity index (χ1n) is 3.70. The first-order chi connectivity index (χ1) is 6.15. The van der Waals surface area contributed by atoms with Crippen LogP contribution in [0, 0.1) is 24.1 Å². The first kappa shape index (κ1) is 9.33. The highest BCUT2D eigenvalue weighted by atomic mass is 19.1. The van der Waals surface area contributed by atoms with Gasteiger partial charge in [0.15, 0.2) is 18.2 Å². The molecule has 4 heteroatoms. The molecule has 0 heterocycles. The van der Waals surface area contributed by atoms with Crippen LogP contribution in [0.3, 0.4) is 0 Å². The van der Waals surface area contributed by atoms with Crippen LogP contribution >= 0.6 is 0 Å². The molecule has 68 valence electrons. The van der Waals surface area contributed by atoms with Crippen molar-refractivity contribution in [3.8, 4) is 11.8 Å². The number of hydrogen-bond acceptors (Lipinski definition) is 3. The van der Waals surface area contributed by atoms with Crippen molar-refractivity contribution in [1.82, 2.24) is 0 Å². The van der Waals surface area contributed by atoms with Gasteiger partial charge in [-0.1, -0.05) is 0 Å². The van der Waals surface area contributed by atoms with Gasteiger partial charge in [0.2, 0.25) is 0 Å². The number of nitrogen functional groups attached to an aromatic ring is 1. The fraction of sp³-hybridized carbons (Fsp3) is 0.222. The lowest BCUT2D eigenvalue weighted by Gasteiger charge is -2.06. The van der Waals surface area contributed by atoms with Crippen LogP contribution in [0.5, 0.6) is 5.75 Å². The Balaban J connectivity index is 2.96. The summed E-state index contributed by atoms with van der Waals surface area (Å²) in [4.78, 5) is 0. The van der Waals surface area contributed by atoms with Gasteiger partial charge in [-0.25, -0.2) is 4.39 Å². The summed E-state index contributed by atoms with van der Waals surface area (Å²) in [5.74, 6) is -0.480. The van der Waals surface area contributed by atoms with Crippen LogP contribution in [0.2, 0.25) is 0 Å². The summed E-state index contributed by atoms with van der Waals surface area (Å²) in [6.45, 7) is 1.58. The van der Waals surface area contributed by atoms with Gasteiger partial charge in [-0.05, 0) is 18.6 Å². The fourth-order valence-electron chi connectivity index (χ4n) is 0.891. The van der Waals surface area contributed by atoms with E-state index in [-0.39, 0.29) is 12.4 Å². The number of hydrogen-bond donors (Lipinski definition) is 1. The zero-order chi connectivity index (χ0) is 9.84. The third kappa shape index (κ3) is 2.09. The molecule has 1 aromatic carbocycles. The number of nitriles is 1. The first-order valence-corrected chi connectivity index (χ1v) is 3.70. The molecule has 0 bridgehead atoms. The van der Waals surface area contributed by atoms with E-state index in [1.54, 1.807) is 13.0 Å². The zero-order valence-corrected chi connectivity index (χ0v) is 7.17. The molecule has 3 nitrogen and oxygen atoms in total. The lowest BCUT2D eigenvalue weighted by molar-refractivity contribution is 0.346. The molecule has 13 heavy (non-hydrogen) atoms. The van der Waals surface area contributed by atoms with Crippen LogP contribution in [0.1, 0.15) is 5.56 Å². The number of halogens is 1. The van der Waals surface area contributed by atoms with Crippen molar-refractivity contribution in [3.63, 3.8) is 0 Å². The second kappa shape index (κ2) is 3.76. The molecule has 2 N–H and O–H groups in total. The van der Waals surface area contributed by atoms with Gasteiger partial charge in [0.1, 0.15) is 6.07 Å². The Hall–Kier alpha value is -1.76. The topological polar surface area (TPSA) is 59.0 Å².